The first-order valence-corrected chi connectivity index (χ1v) is 34.8. The largest absolute Gasteiger partial charge is 0.749 e. The van der Waals surface area contributed by atoms with E-state index in [0.29, 0.717) is 6.26 Å². The number of halogens is 1. The van der Waals surface area contributed by atoms with E-state index in [1.807, 2.05) is 0 Å². The zero-order valence-electron chi connectivity index (χ0n) is 47.3. The van der Waals surface area contributed by atoms with Crippen molar-refractivity contribution < 1.29 is 56.9 Å². The van der Waals surface area contributed by atoms with Gasteiger partial charge in [0.25, 0.3) is 10.1 Å². The van der Waals surface area contributed by atoms with Crippen molar-refractivity contribution in [2.24, 2.45) is 0 Å². The second-order valence-corrected chi connectivity index (χ2v) is 29.2. The monoisotopic (exact) mass is 1290 g/mol. The SMILES string of the molecule is CS(=O)(=O)O.O.O=S(=O)(O)S(=O)(=O)O.O=S([O-])OCl.c1cc2cccc3c2c(c1)c1c2c4cccc5cccc(c54)c2c2c4cccc5cccc(c54)c2c31.c1cc2cccc3c2c(c1)c1c2c4cccc5cccc(c54)c2c2c4cccc5cccc(c54)c2c31. The average molecular weight is 1290 g/mol. The van der Waals surface area contributed by atoms with Crippen molar-refractivity contribution in [1.82, 2.24) is 0 Å². The molecule has 0 radical (unpaired) electrons. The van der Waals surface area contributed by atoms with E-state index in [9.17, 15) is 25.3 Å². The Hall–Kier alpha value is -9.31. The molecule has 91 heavy (non-hydrogen) atoms. The highest BCUT2D eigenvalue weighted by Crippen LogP contribution is 2.57. The van der Waals surface area contributed by atoms with E-state index in [0.717, 1.165) is 0 Å². The third kappa shape index (κ3) is 8.55. The van der Waals surface area contributed by atoms with E-state index >= 15 is 0 Å². The molecule has 0 amide bonds. The molecule has 5 N–H and O–H groups in total. The highest BCUT2D eigenvalue weighted by molar-refractivity contribution is 8.62. The molecule has 446 valence electrons. The van der Waals surface area contributed by atoms with Crippen molar-refractivity contribution in [1.29, 1.82) is 0 Å². The molecular weight excluding hydrogens is 1250 g/mol. The first-order chi connectivity index (χ1) is 43.3. The standard InChI is InChI=1S/2C36H18.CH4O3S.ClHO3S.H2O6S2.H2O/c2*1-7-19-8-2-14-23-28(19)22(13-1)31-32(23)34-26-17-5-11-21-12-6-18-27(30(21)26)36(34)35-25-16-4-10-20-9-3-15-24(29(20)25)33(31)35;1-5(2,3)4;1-4-5(2)3;1-7(2,3)8(4,5)6;/h2*1-18H;1H3,(H,2,3,4);(H,2,3);(H,1,2,3)(H,4,5,6);1H2/p-1. The summed E-state index contributed by atoms with van der Waals surface area (Å²) in [4.78, 5) is 0. The molecule has 0 aliphatic rings. The van der Waals surface area contributed by atoms with Crippen molar-refractivity contribution in [3.8, 4) is 0 Å². The molecule has 18 heteroatoms. The minimum atomic E-state index is -5.31. The smallest absolute Gasteiger partial charge is 0.397 e. The number of hydrogen-bond donors (Lipinski definition) is 3. The third-order valence-corrected chi connectivity index (χ3v) is 20.5. The lowest BCUT2D eigenvalue weighted by Crippen LogP contribution is -2.11. The Morgan fingerprint density at radius 2 is 0.385 bits per heavy atom. The summed E-state index contributed by atoms with van der Waals surface area (Å²) < 4.78 is 99.5. The van der Waals surface area contributed by atoms with Gasteiger partial charge in [-0.05, 0) is 194 Å². The van der Waals surface area contributed by atoms with Crippen LogP contribution in [-0.4, -0.2) is 59.4 Å². The highest BCUT2D eigenvalue weighted by atomic mass is 35.5. The van der Waals surface area contributed by atoms with Crippen LogP contribution in [-0.2, 0) is 43.5 Å². The first-order valence-electron chi connectivity index (χ1n) is 28.2. The summed E-state index contributed by atoms with van der Waals surface area (Å²) in [5, 5.41) is 50.0. The molecule has 20 rings (SSSR count). The topological polar surface area (TPSA) is 244 Å². The van der Waals surface area contributed by atoms with Gasteiger partial charge in [-0.25, -0.2) is 4.21 Å². The summed E-state index contributed by atoms with van der Waals surface area (Å²) in [6.07, 6.45) is 0.715. The summed E-state index contributed by atoms with van der Waals surface area (Å²) in [6.45, 7) is 0. The molecule has 0 aliphatic carbocycles. The van der Waals surface area contributed by atoms with Crippen LogP contribution in [0.4, 0.5) is 0 Å². The first kappa shape index (κ1) is 58.1. The van der Waals surface area contributed by atoms with Crippen molar-refractivity contribution in [3.05, 3.63) is 218 Å². The maximum atomic E-state index is 9.37. The summed E-state index contributed by atoms with van der Waals surface area (Å²) >= 11 is 1.67. The molecule has 0 heterocycles. The molecule has 0 aromatic heterocycles. The van der Waals surface area contributed by atoms with E-state index in [1.54, 1.807) is 0 Å². The number of hydrogen-bond acceptors (Lipinski definition) is 9. The van der Waals surface area contributed by atoms with E-state index in [1.165, 1.54) is 194 Å². The molecule has 13 nitrogen and oxygen atoms in total. The summed E-state index contributed by atoms with van der Waals surface area (Å²) in [6, 6.07) is 82.0. The molecule has 1 unspecified atom stereocenters. The van der Waals surface area contributed by atoms with Crippen LogP contribution in [0.3, 0.4) is 0 Å². The van der Waals surface area contributed by atoms with Gasteiger partial charge in [0.15, 0.2) is 0 Å². The van der Waals surface area contributed by atoms with Crippen LogP contribution >= 0.6 is 11.9 Å². The lowest BCUT2D eigenvalue weighted by atomic mass is 9.97. The van der Waals surface area contributed by atoms with Crippen LogP contribution in [0.15, 0.2) is 218 Å². The molecule has 0 bridgehead atoms. The van der Waals surface area contributed by atoms with Gasteiger partial charge in [-0.15, -0.1) is 0 Å². The van der Waals surface area contributed by atoms with Crippen LogP contribution in [0.2, 0.25) is 0 Å². The quantitative estimate of drug-likeness (QED) is 0.0831. The second-order valence-electron chi connectivity index (χ2n) is 22.6. The molecule has 20 aromatic rings. The normalized spacial score (nSPS) is 12.9. The van der Waals surface area contributed by atoms with Gasteiger partial charge in [0.1, 0.15) is 11.4 Å². The maximum absolute atomic E-state index is 9.37. The fourth-order valence-electron chi connectivity index (χ4n) is 15.3. The fourth-order valence-corrected chi connectivity index (χ4v) is 15.3. The maximum Gasteiger partial charge on any atom is 0.397 e. The lowest BCUT2D eigenvalue weighted by Gasteiger charge is -2.04. The minimum Gasteiger partial charge on any atom is -0.749 e. The van der Waals surface area contributed by atoms with Gasteiger partial charge in [0, 0.05) is 0 Å². The fraction of sp³-hybridized carbons (Fsp3) is 0.0137. The van der Waals surface area contributed by atoms with Crippen LogP contribution in [0.1, 0.15) is 0 Å². The highest BCUT2D eigenvalue weighted by Gasteiger charge is 2.29. The van der Waals surface area contributed by atoms with Crippen molar-refractivity contribution in [2.45, 2.75) is 0 Å². The summed E-state index contributed by atoms with van der Waals surface area (Å²) in [5.41, 5.74) is 0. The van der Waals surface area contributed by atoms with Gasteiger partial charge >= 0.3 is 18.3 Å². The molecule has 0 spiro atoms. The Labute approximate surface area is 523 Å². The number of benzene rings is 14. The molecular formula is C73H44ClO13S4-. The molecule has 0 saturated carbocycles. The van der Waals surface area contributed by atoms with Crippen molar-refractivity contribution in [3.63, 3.8) is 0 Å². The van der Waals surface area contributed by atoms with Crippen LogP contribution in [0, 0.1) is 0 Å². The lowest BCUT2D eigenvalue weighted by molar-refractivity contribution is 0.457. The van der Waals surface area contributed by atoms with Gasteiger partial charge in [0.05, 0.1) is 18.1 Å². The molecule has 0 aliphatic heterocycles. The zero-order valence-corrected chi connectivity index (χ0v) is 51.3. The molecule has 0 fully saturated rings. The van der Waals surface area contributed by atoms with E-state index in [-0.39, 0.29) is 5.48 Å². The molecule has 1 atom stereocenters. The van der Waals surface area contributed by atoms with Crippen LogP contribution in [0.5, 0.6) is 0 Å². The minimum absolute atomic E-state index is 0. The summed E-state index contributed by atoms with van der Waals surface area (Å²) in [7, 11) is -14.3. The predicted octanol–water partition coefficient (Wildman–Crippen LogP) is 18.1. The number of fused-ring (bicyclic) bond motifs is 24. The Bertz CT molecular complexity index is 5440. The van der Waals surface area contributed by atoms with Gasteiger partial charge in [-0.2, -0.15) is 29.0 Å². The van der Waals surface area contributed by atoms with Gasteiger partial charge < -0.3 is 10.0 Å². The summed E-state index contributed by atoms with van der Waals surface area (Å²) in [5.74, 6) is 0. The molecule has 0 saturated heterocycles. The Morgan fingerprint density at radius 1 is 0.286 bits per heavy atom. The number of rotatable bonds is 2. The second kappa shape index (κ2) is 20.9. The average Bonchev–Trinajstić information content (AvgIpc) is 1.51. The van der Waals surface area contributed by atoms with E-state index < -0.39 is 39.8 Å². The third-order valence-electron chi connectivity index (χ3n) is 18.0. The Morgan fingerprint density at radius 3 is 0.462 bits per heavy atom. The van der Waals surface area contributed by atoms with Crippen molar-refractivity contribution >= 4 is 246 Å². The Balaban J connectivity index is 0.000000119. The van der Waals surface area contributed by atoms with E-state index in [4.69, 9.17) is 22.4 Å². The van der Waals surface area contributed by atoms with Crippen molar-refractivity contribution in [2.75, 3.05) is 6.26 Å². The van der Waals surface area contributed by atoms with Gasteiger partial charge in [0.2, 0.25) is 0 Å². The Kier molecular flexibility index (Phi) is 13.3. The van der Waals surface area contributed by atoms with Gasteiger partial charge in [-0.3, -0.25) is 13.7 Å². The van der Waals surface area contributed by atoms with Gasteiger partial charge in [-0.1, -0.05) is 218 Å². The van der Waals surface area contributed by atoms with Crippen LogP contribution in [0.25, 0.3) is 194 Å². The zero-order chi connectivity index (χ0) is 62.0. The molecule has 20 aromatic carbocycles. The van der Waals surface area contributed by atoms with E-state index in [2.05, 4.69) is 234 Å². The van der Waals surface area contributed by atoms with Crippen LogP contribution < -0.4 is 0 Å². The predicted molar refractivity (Wildman–Crippen MR) is 375 cm³/mol.